The number of thiocarbonyl (C=S) groups is 2. The SMILES string of the molecule is O=C(O)CN(CC(=O)O)Cc1cc(C#Cc2ccc(N=C=S)cc2)cc(CN(CC(=O)O)CC(=O)O)n1.O=C([O-])CN(CC(=O)[O-])Cc1cc(C#Cc2ccc(OC3OC(CO)C(O)C(O)C3O)cc2)cc(CN(CCc2ccc(N=C=S)cc2)Cc2cc(C#Cc3ccc(OC4OC(CO)C(O)C(O)C4O)cc3)cc(CN(CC(=O)O)CC(=O)O)n2)n1. The van der Waals surface area contributed by atoms with Gasteiger partial charge in [-0.05, 0) is 158 Å². The van der Waals surface area contributed by atoms with Gasteiger partial charge in [-0.1, -0.05) is 47.7 Å². The summed E-state index contributed by atoms with van der Waals surface area (Å²) in [6.45, 7) is -6.77. The fraction of sp³-hybridized carbons (Fsp3) is 0.337. The third kappa shape index (κ3) is 32.4. The molecule has 646 valence electrons. The van der Waals surface area contributed by atoms with Crippen molar-refractivity contribution in [1.82, 2.24) is 39.5 Å². The van der Waals surface area contributed by atoms with Crippen molar-refractivity contribution in [2.75, 3.05) is 72.1 Å². The molecule has 0 bridgehead atoms. The summed E-state index contributed by atoms with van der Waals surface area (Å²) >= 11 is 9.34. The van der Waals surface area contributed by atoms with Gasteiger partial charge in [0.1, 0.15) is 60.3 Å². The number of nitrogens with zero attached hydrogens (tertiary/aromatic N) is 10. The predicted octanol–water partition coefficient (Wildman–Crippen LogP) is -1.96. The number of hydrogen-bond donors (Lipinski definition) is 14. The molecule has 0 amide bonds. The fourth-order valence-electron chi connectivity index (χ4n) is 12.4. The van der Waals surface area contributed by atoms with E-state index >= 15 is 0 Å². The summed E-state index contributed by atoms with van der Waals surface area (Å²) in [5.41, 5.74) is 6.62. The maximum absolute atomic E-state index is 11.9. The molecule has 2 aliphatic heterocycles. The first kappa shape index (κ1) is 95.8. The Morgan fingerprint density at radius 1 is 0.366 bits per heavy atom. The van der Waals surface area contributed by atoms with Crippen LogP contribution in [0.1, 0.15) is 73.1 Å². The Kier molecular flexibility index (Phi) is 37.0. The first-order valence-corrected chi connectivity index (χ1v) is 37.9. The van der Waals surface area contributed by atoms with Crippen LogP contribution in [0, 0.1) is 35.5 Å². The Labute approximate surface area is 711 Å². The van der Waals surface area contributed by atoms with E-state index < -0.39 is 175 Å². The molecule has 14 N–H and O–H groups in total. The summed E-state index contributed by atoms with van der Waals surface area (Å²) in [7, 11) is 0. The van der Waals surface area contributed by atoms with E-state index in [1.165, 1.54) is 29.2 Å². The number of benzene rings is 4. The molecular weight excluding hydrogens is 1650 g/mol. The summed E-state index contributed by atoms with van der Waals surface area (Å²) in [4.78, 5) is 121. The van der Waals surface area contributed by atoms with Gasteiger partial charge in [-0.2, -0.15) is 9.98 Å². The molecule has 2 saturated heterocycles. The average molecular weight is 1730 g/mol. The summed E-state index contributed by atoms with van der Waals surface area (Å²) < 4.78 is 22.3. The van der Waals surface area contributed by atoms with E-state index in [0.717, 1.165) is 20.3 Å². The van der Waals surface area contributed by atoms with Crippen molar-refractivity contribution < 1.29 is 139 Å². The number of aliphatic hydroxyl groups is 8. The minimum atomic E-state index is -1.66. The van der Waals surface area contributed by atoms with Gasteiger partial charge in [-0.3, -0.25) is 68.2 Å². The topological polar surface area (TPSA) is 582 Å². The van der Waals surface area contributed by atoms with Crippen molar-refractivity contribution >= 4 is 93.9 Å². The number of carbonyl (C=O) groups excluding carboxylic acids is 2. The number of carboxylic acids is 8. The van der Waals surface area contributed by atoms with Crippen molar-refractivity contribution in [3.63, 3.8) is 0 Å². The van der Waals surface area contributed by atoms with Crippen LogP contribution < -0.4 is 19.7 Å². The first-order chi connectivity index (χ1) is 58.7. The zero-order valence-corrected chi connectivity index (χ0v) is 66.6. The standard InChI is InChI=1S/C59H62N6O20S.C24H22N4O8S/c66-31-46-52(76)54(78)56(80)58(84-46)82-44-13-7-34(8-14-44)1-3-37-19-40(61-42(21-37)25-64(27-48(68)69)28-49(70)71)23-63(18-17-36-5-11-39(12-6-36)60-33-86)24-41-20-38(22-43(62-41)26-65(29-50(72)73)30-51(74)75)4-2-35-9-15-45(16-10-35)83-59-57(81)55(79)53(77)47(32-67)85-59;29-21(30)11-27(12-22(31)32)9-19-7-17(2-1-16-3-5-18(6-4-16)25-15-37)8-20(26-19)10-28(13-23(33)34)14-24(35)36/h5-16,19-22,46-47,52-59,66-67,76-81H,17-18,23-32H2,(H,68,69)(H,70,71)(H,72,73)(H,74,75);3-8H,9-14H2,(H,29,30)(H,31,32)(H,33,34)(H,35,36)/p-2. The summed E-state index contributed by atoms with van der Waals surface area (Å²) in [5.74, 6) is 7.93. The van der Waals surface area contributed by atoms with E-state index in [1.54, 1.807) is 97.1 Å². The molecule has 0 saturated carbocycles. The highest BCUT2D eigenvalue weighted by Crippen LogP contribution is 2.28. The lowest BCUT2D eigenvalue weighted by Gasteiger charge is -2.39. The van der Waals surface area contributed by atoms with Gasteiger partial charge in [0.25, 0.3) is 0 Å². The van der Waals surface area contributed by atoms with Crippen LogP contribution in [0.3, 0.4) is 0 Å². The Morgan fingerprint density at radius 2 is 0.626 bits per heavy atom. The largest absolute Gasteiger partial charge is 0.549 e. The van der Waals surface area contributed by atoms with Gasteiger partial charge < -0.3 is 110 Å². The lowest BCUT2D eigenvalue weighted by molar-refractivity contribution is -0.310. The van der Waals surface area contributed by atoms with Crippen molar-refractivity contribution in [3.8, 4) is 47.0 Å². The Bertz CT molecular complexity index is 4870. The second kappa shape index (κ2) is 47.5. The minimum Gasteiger partial charge on any atom is -0.549 e. The van der Waals surface area contributed by atoms with Crippen LogP contribution in [0.2, 0.25) is 0 Å². The number of carboxylic acid groups (broad SMARTS) is 8. The predicted molar refractivity (Wildman–Crippen MR) is 429 cm³/mol. The quantitative estimate of drug-likeness (QED) is 0.0113. The van der Waals surface area contributed by atoms with Gasteiger partial charge in [0.15, 0.2) is 0 Å². The monoisotopic (exact) mass is 1730 g/mol. The highest BCUT2D eigenvalue weighted by atomic mass is 32.1. The number of aliphatic imine (C=N–C) groups is 2. The highest BCUT2D eigenvalue weighted by molar-refractivity contribution is 7.78. The third-order valence-corrected chi connectivity index (χ3v) is 18.0. The fourth-order valence-corrected chi connectivity index (χ4v) is 12.6. The number of hydrogen-bond acceptors (Lipinski definition) is 34. The van der Waals surface area contributed by atoms with Crippen LogP contribution in [0.5, 0.6) is 11.5 Å². The van der Waals surface area contributed by atoms with Gasteiger partial charge in [0, 0.05) is 92.3 Å². The van der Waals surface area contributed by atoms with E-state index in [9.17, 15) is 99.6 Å². The van der Waals surface area contributed by atoms with Gasteiger partial charge in [-0.25, -0.2) is 0 Å². The highest BCUT2D eigenvalue weighted by Gasteiger charge is 2.46. The molecule has 7 aromatic rings. The molecule has 2 aliphatic rings. The Hall–Kier alpha value is -12.6. The van der Waals surface area contributed by atoms with Crippen molar-refractivity contribution in [1.29, 1.82) is 0 Å². The molecule has 9 rings (SSSR count). The number of aliphatic hydroxyl groups excluding tert-OH is 8. The van der Waals surface area contributed by atoms with Crippen LogP contribution in [0.4, 0.5) is 11.4 Å². The number of carbonyl (C=O) groups is 8. The maximum atomic E-state index is 11.9. The molecular formula is C83H82N10O28S2-2. The molecule has 10 atom stereocenters. The molecule has 38 nitrogen and oxygen atoms in total. The molecule has 3 aromatic heterocycles. The molecule has 4 aromatic carbocycles. The summed E-state index contributed by atoms with van der Waals surface area (Å²) in [6, 6.07) is 36.0. The second-order valence-electron chi connectivity index (χ2n) is 27.7. The van der Waals surface area contributed by atoms with Gasteiger partial charge >= 0.3 is 35.8 Å². The number of aromatic nitrogens is 3. The maximum Gasteiger partial charge on any atom is 0.317 e. The third-order valence-electron chi connectivity index (χ3n) is 17.8. The number of pyridine rings is 3. The molecule has 5 heterocycles. The average Bonchev–Trinajstić information content (AvgIpc) is 0.835. The van der Waals surface area contributed by atoms with Crippen molar-refractivity contribution in [3.05, 3.63) is 207 Å². The molecule has 123 heavy (non-hydrogen) atoms. The Balaban J connectivity index is 0.000000423. The Morgan fingerprint density at radius 3 is 0.894 bits per heavy atom. The molecule has 40 heteroatoms. The normalized spacial score (nSPS) is 18.3. The van der Waals surface area contributed by atoms with E-state index in [1.807, 2.05) is 17.0 Å². The number of ether oxygens (including phenoxy) is 4. The zero-order valence-electron chi connectivity index (χ0n) is 65.0. The summed E-state index contributed by atoms with van der Waals surface area (Å²) in [5, 5.41) is 165. The number of aliphatic carboxylic acids is 8. The number of isothiocyanates is 2. The van der Waals surface area contributed by atoms with Crippen LogP contribution in [0.15, 0.2) is 143 Å². The molecule has 2 fully saturated rings. The van der Waals surface area contributed by atoms with Crippen LogP contribution >= 0.6 is 24.4 Å². The lowest BCUT2D eigenvalue weighted by Crippen LogP contribution is -2.60. The van der Waals surface area contributed by atoms with Crippen molar-refractivity contribution in [2.45, 2.75) is 107 Å². The van der Waals surface area contributed by atoms with Gasteiger partial charge in [0.05, 0.1) is 120 Å². The van der Waals surface area contributed by atoms with Crippen molar-refractivity contribution in [2.24, 2.45) is 9.98 Å². The smallest absolute Gasteiger partial charge is 0.317 e. The zero-order chi connectivity index (χ0) is 89.4. The minimum absolute atomic E-state index is 0.0510. The van der Waals surface area contributed by atoms with E-state index in [4.69, 9.17) is 61.6 Å². The molecule has 0 aliphatic carbocycles. The van der Waals surface area contributed by atoms with Crippen LogP contribution in [-0.2, 0) is 93.5 Å². The lowest BCUT2D eigenvalue weighted by atomic mass is 9.99. The van der Waals surface area contributed by atoms with Crippen LogP contribution in [-0.4, -0.2) is 303 Å². The summed E-state index contributed by atoms with van der Waals surface area (Å²) in [6.07, 6.45) is -14.6. The molecule has 0 radical (unpaired) electrons. The van der Waals surface area contributed by atoms with Gasteiger partial charge in [-0.15, -0.1) is 0 Å². The van der Waals surface area contributed by atoms with Crippen LogP contribution in [0.25, 0.3) is 0 Å². The molecule has 0 spiro atoms. The van der Waals surface area contributed by atoms with E-state index in [0.29, 0.717) is 69.1 Å². The molecule has 10 unspecified atom stereocenters. The van der Waals surface area contributed by atoms with Gasteiger partial charge in [0.2, 0.25) is 12.6 Å². The van der Waals surface area contributed by atoms with E-state index in [2.05, 4.69) is 73.0 Å². The first-order valence-electron chi connectivity index (χ1n) is 37.1. The van der Waals surface area contributed by atoms with E-state index in [-0.39, 0.29) is 73.5 Å². The second-order valence-corrected chi connectivity index (χ2v) is 28.1. The number of rotatable bonds is 39.